The standard InChI is InChI=1S/C25H29N5O2/c1-2-29-21-12-4-3-11-20(21)27-23(29)22-13-8-16-30(22)25(32)26-19-10-7-9-18(17-19)24(31)28-14-5-6-15-28/h3-4,7,9-12,17,22H,2,5-6,8,13-16H2,1H3,(H,26,32). The molecule has 3 aromatic rings. The Labute approximate surface area is 188 Å². The van der Waals surface area contributed by atoms with Gasteiger partial charge in [0.05, 0.1) is 17.1 Å². The summed E-state index contributed by atoms with van der Waals surface area (Å²) in [6.07, 6.45) is 3.95. The fraction of sp³-hybridized carbons (Fsp3) is 0.400. The van der Waals surface area contributed by atoms with Crippen molar-refractivity contribution in [3.05, 3.63) is 59.9 Å². The SMILES string of the molecule is CCn1c(C2CCCN2C(=O)Nc2cccc(C(=O)N3CCCC3)c2)nc2ccccc21. The van der Waals surface area contributed by atoms with Gasteiger partial charge >= 0.3 is 6.03 Å². The van der Waals surface area contributed by atoms with Gasteiger partial charge in [-0.3, -0.25) is 4.79 Å². The molecule has 3 heterocycles. The average molecular weight is 432 g/mol. The van der Waals surface area contributed by atoms with E-state index in [9.17, 15) is 9.59 Å². The van der Waals surface area contributed by atoms with Crippen LogP contribution in [-0.2, 0) is 6.54 Å². The van der Waals surface area contributed by atoms with Gasteiger partial charge in [-0.05, 0) is 62.9 Å². The molecule has 1 atom stereocenters. The van der Waals surface area contributed by atoms with Gasteiger partial charge in [-0.2, -0.15) is 0 Å². The number of amides is 3. The topological polar surface area (TPSA) is 70.5 Å². The van der Waals surface area contributed by atoms with E-state index in [-0.39, 0.29) is 18.0 Å². The molecular formula is C25H29N5O2. The summed E-state index contributed by atoms with van der Waals surface area (Å²) in [4.78, 5) is 34.6. The van der Waals surface area contributed by atoms with Crippen molar-refractivity contribution >= 4 is 28.7 Å². The van der Waals surface area contributed by atoms with E-state index in [2.05, 4.69) is 22.9 Å². The maximum atomic E-state index is 13.2. The lowest BCUT2D eigenvalue weighted by Crippen LogP contribution is -2.35. The summed E-state index contributed by atoms with van der Waals surface area (Å²) in [6.45, 7) is 5.23. The number of carbonyl (C=O) groups excluding carboxylic acids is 2. The lowest BCUT2D eigenvalue weighted by Gasteiger charge is -2.25. The van der Waals surface area contributed by atoms with Crippen LogP contribution in [-0.4, -0.2) is 50.9 Å². The number of carbonyl (C=O) groups is 2. The van der Waals surface area contributed by atoms with E-state index < -0.39 is 0 Å². The number of rotatable bonds is 4. The smallest absolute Gasteiger partial charge is 0.322 e. The molecule has 7 nitrogen and oxygen atoms in total. The number of nitrogens with one attached hydrogen (secondary N) is 1. The average Bonchev–Trinajstić information content (AvgIpc) is 3.57. The Balaban J connectivity index is 1.36. The highest BCUT2D eigenvalue weighted by molar-refractivity contribution is 5.97. The first-order valence-electron chi connectivity index (χ1n) is 11.6. The molecule has 32 heavy (non-hydrogen) atoms. The van der Waals surface area contributed by atoms with Crippen LogP contribution in [0.3, 0.4) is 0 Å². The number of para-hydroxylation sites is 2. The van der Waals surface area contributed by atoms with E-state index >= 15 is 0 Å². The molecule has 2 saturated heterocycles. The van der Waals surface area contributed by atoms with Crippen LogP contribution in [0.2, 0.25) is 0 Å². The summed E-state index contributed by atoms with van der Waals surface area (Å²) in [6, 6.07) is 15.2. The van der Waals surface area contributed by atoms with E-state index in [1.165, 1.54) is 0 Å². The number of benzene rings is 2. The summed E-state index contributed by atoms with van der Waals surface area (Å²) in [5.41, 5.74) is 3.33. The second kappa shape index (κ2) is 8.65. The molecule has 2 aliphatic rings. The monoisotopic (exact) mass is 431 g/mol. The molecular weight excluding hydrogens is 402 g/mol. The molecule has 1 N–H and O–H groups in total. The molecule has 0 bridgehead atoms. The Morgan fingerprint density at radius 2 is 1.84 bits per heavy atom. The zero-order valence-electron chi connectivity index (χ0n) is 18.5. The molecule has 7 heteroatoms. The van der Waals surface area contributed by atoms with E-state index in [1.54, 1.807) is 6.07 Å². The fourth-order valence-electron chi connectivity index (χ4n) is 4.99. The Hall–Kier alpha value is -3.35. The molecule has 2 aliphatic heterocycles. The van der Waals surface area contributed by atoms with Crippen molar-refractivity contribution in [3.63, 3.8) is 0 Å². The van der Waals surface area contributed by atoms with Crippen LogP contribution in [0, 0.1) is 0 Å². The number of likely N-dealkylation sites (tertiary alicyclic amines) is 2. The van der Waals surface area contributed by atoms with Crippen molar-refractivity contribution in [1.29, 1.82) is 0 Å². The third kappa shape index (κ3) is 3.72. The van der Waals surface area contributed by atoms with Crippen LogP contribution < -0.4 is 5.32 Å². The molecule has 0 spiro atoms. The van der Waals surface area contributed by atoms with E-state index in [4.69, 9.17) is 4.98 Å². The van der Waals surface area contributed by atoms with E-state index in [0.717, 1.165) is 62.2 Å². The number of imidazole rings is 1. The first-order valence-corrected chi connectivity index (χ1v) is 11.6. The van der Waals surface area contributed by atoms with Gasteiger partial charge in [-0.15, -0.1) is 0 Å². The number of hydrogen-bond acceptors (Lipinski definition) is 3. The molecule has 2 aromatic carbocycles. The Bertz CT molecular complexity index is 1150. The lowest BCUT2D eigenvalue weighted by molar-refractivity contribution is 0.0793. The van der Waals surface area contributed by atoms with Crippen molar-refractivity contribution in [2.75, 3.05) is 25.0 Å². The highest BCUT2D eigenvalue weighted by Gasteiger charge is 2.33. The number of anilines is 1. The number of nitrogens with zero attached hydrogens (tertiary/aromatic N) is 4. The summed E-state index contributed by atoms with van der Waals surface area (Å²) in [7, 11) is 0. The molecule has 0 radical (unpaired) electrons. The van der Waals surface area contributed by atoms with Crippen molar-refractivity contribution in [3.8, 4) is 0 Å². The number of urea groups is 1. The highest BCUT2D eigenvalue weighted by atomic mass is 16.2. The van der Waals surface area contributed by atoms with Crippen LogP contribution in [0.5, 0.6) is 0 Å². The molecule has 0 aliphatic carbocycles. The van der Waals surface area contributed by atoms with Gasteiger partial charge in [0.2, 0.25) is 0 Å². The normalized spacial score (nSPS) is 18.5. The Morgan fingerprint density at radius 1 is 1.03 bits per heavy atom. The van der Waals surface area contributed by atoms with Gasteiger partial charge in [-0.25, -0.2) is 9.78 Å². The van der Waals surface area contributed by atoms with Crippen molar-refractivity contribution < 1.29 is 9.59 Å². The summed E-state index contributed by atoms with van der Waals surface area (Å²) < 4.78 is 2.21. The fourth-order valence-corrected chi connectivity index (χ4v) is 4.99. The van der Waals surface area contributed by atoms with Gasteiger partial charge in [0.1, 0.15) is 5.82 Å². The Kier molecular flexibility index (Phi) is 5.55. The zero-order valence-corrected chi connectivity index (χ0v) is 18.5. The first kappa shape index (κ1) is 20.5. The quantitative estimate of drug-likeness (QED) is 0.653. The number of hydrogen-bond donors (Lipinski definition) is 1. The molecule has 3 amide bonds. The summed E-state index contributed by atoms with van der Waals surface area (Å²) in [5, 5.41) is 3.02. The summed E-state index contributed by atoms with van der Waals surface area (Å²) >= 11 is 0. The second-order valence-corrected chi connectivity index (χ2v) is 8.56. The van der Waals surface area contributed by atoms with Crippen molar-refractivity contribution in [1.82, 2.24) is 19.4 Å². The highest BCUT2D eigenvalue weighted by Crippen LogP contribution is 2.34. The third-order valence-corrected chi connectivity index (χ3v) is 6.57. The maximum absolute atomic E-state index is 13.2. The van der Waals surface area contributed by atoms with Gasteiger partial charge in [0.15, 0.2) is 0 Å². The van der Waals surface area contributed by atoms with Crippen LogP contribution >= 0.6 is 0 Å². The molecule has 5 rings (SSSR count). The maximum Gasteiger partial charge on any atom is 0.322 e. The minimum Gasteiger partial charge on any atom is -0.339 e. The second-order valence-electron chi connectivity index (χ2n) is 8.56. The summed E-state index contributed by atoms with van der Waals surface area (Å²) in [5.74, 6) is 0.980. The predicted octanol–water partition coefficient (Wildman–Crippen LogP) is 4.66. The van der Waals surface area contributed by atoms with Crippen LogP contribution in [0.25, 0.3) is 11.0 Å². The number of aryl methyl sites for hydroxylation is 1. The lowest BCUT2D eigenvalue weighted by atomic mass is 10.1. The van der Waals surface area contributed by atoms with Crippen LogP contribution in [0.4, 0.5) is 10.5 Å². The molecule has 1 unspecified atom stereocenters. The van der Waals surface area contributed by atoms with Gasteiger partial charge < -0.3 is 19.7 Å². The minimum atomic E-state index is -0.145. The van der Waals surface area contributed by atoms with Crippen molar-refractivity contribution in [2.45, 2.75) is 45.2 Å². The van der Waals surface area contributed by atoms with Gasteiger partial charge in [0.25, 0.3) is 5.91 Å². The Morgan fingerprint density at radius 3 is 2.66 bits per heavy atom. The third-order valence-electron chi connectivity index (χ3n) is 6.57. The van der Waals surface area contributed by atoms with E-state index in [0.29, 0.717) is 17.8 Å². The zero-order chi connectivity index (χ0) is 22.1. The van der Waals surface area contributed by atoms with Crippen molar-refractivity contribution in [2.24, 2.45) is 0 Å². The largest absolute Gasteiger partial charge is 0.339 e. The first-order chi connectivity index (χ1) is 15.7. The van der Waals surface area contributed by atoms with Gasteiger partial charge in [0, 0.05) is 37.4 Å². The molecule has 2 fully saturated rings. The molecule has 1 aromatic heterocycles. The van der Waals surface area contributed by atoms with Gasteiger partial charge in [-0.1, -0.05) is 18.2 Å². The number of fused-ring (bicyclic) bond motifs is 1. The number of aromatic nitrogens is 2. The molecule has 0 saturated carbocycles. The predicted molar refractivity (Wildman–Crippen MR) is 125 cm³/mol. The molecule has 166 valence electrons. The van der Waals surface area contributed by atoms with Crippen LogP contribution in [0.15, 0.2) is 48.5 Å². The van der Waals surface area contributed by atoms with Crippen LogP contribution in [0.1, 0.15) is 54.8 Å². The minimum absolute atomic E-state index is 0.0364. The van der Waals surface area contributed by atoms with E-state index in [1.807, 2.05) is 46.2 Å².